The van der Waals surface area contributed by atoms with Gasteiger partial charge in [0, 0.05) is 100 Å². The second-order valence-electron chi connectivity index (χ2n) is 21.2. The first-order valence-corrected chi connectivity index (χ1v) is 36.2. The summed E-state index contributed by atoms with van der Waals surface area (Å²) in [7, 11) is -5.23. The van der Waals surface area contributed by atoms with Crippen LogP contribution in [0.25, 0.3) is 11.4 Å². The van der Waals surface area contributed by atoms with E-state index >= 15 is 0 Å². The topological polar surface area (TPSA) is 508 Å². The van der Waals surface area contributed by atoms with Crippen LogP contribution in [-0.4, -0.2) is 243 Å². The number of benzene rings is 4. The smallest absolute Gasteiger partial charge is 0.503 e. The largest absolute Gasteiger partial charge is 0.522 e. The second kappa shape index (κ2) is 51.2. The number of nitrogen functional groups attached to an aromatic ring is 1. The van der Waals surface area contributed by atoms with Crippen LogP contribution in [0.1, 0.15) is 90.4 Å². The molecule has 6 rings (SSSR count). The van der Waals surface area contributed by atoms with Gasteiger partial charge in [-0.15, -0.1) is 0 Å². The quantitative estimate of drug-likeness (QED) is 0.00407. The molecule has 637 valence electrons. The monoisotopic (exact) mass is 1900 g/mol. The van der Waals surface area contributed by atoms with Crippen molar-refractivity contribution in [2.45, 2.75) is 65.0 Å². The Labute approximate surface area is 683 Å². The Morgan fingerprint density at radius 1 is 0.447 bits per heavy atom. The third-order valence-electron chi connectivity index (χ3n) is 12.1. The van der Waals surface area contributed by atoms with Crippen molar-refractivity contribution in [3.8, 4) is 57.4 Å². The maximum Gasteiger partial charge on any atom is 0.522 e. The van der Waals surface area contributed by atoms with Crippen LogP contribution in [0.5, 0.6) is 46.0 Å². The van der Waals surface area contributed by atoms with Crippen LogP contribution in [0.15, 0.2) is 97.1 Å². The molecule has 0 saturated carbocycles. The zero-order valence-electron chi connectivity index (χ0n) is 63.0. The van der Waals surface area contributed by atoms with Gasteiger partial charge in [-0.2, -0.15) is 64.8 Å². The number of aromatic hydroxyl groups is 4. The number of nitrogens with zero attached hydrogens (tertiary/aromatic N) is 5. The molecular formula is C65H82BrF9LaN6O29S3. The van der Waals surface area contributed by atoms with Gasteiger partial charge in [0.05, 0.1) is 60.1 Å². The summed E-state index contributed by atoms with van der Waals surface area (Å²) in [6.45, 7) is 11.3. The molecule has 0 aliphatic rings. The number of methoxy groups -OCH3 is 4. The maximum absolute atomic E-state index is 12.5. The molecule has 0 bridgehead atoms. The molecule has 0 aliphatic heterocycles. The van der Waals surface area contributed by atoms with Gasteiger partial charge in [-0.3, -0.25) is 56.4 Å². The van der Waals surface area contributed by atoms with Gasteiger partial charge in [0.2, 0.25) is 5.78 Å². The van der Waals surface area contributed by atoms with Crippen molar-refractivity contribution in [1.82, 2.24) is 18.9 Å². The molecule has 114 heavy (non-hydrogen) atoms. The van der Waals surface area contributed by atoms with Gasteiger partial charge in [0.15, 0.2) is 45.9 Å². The standard InChI is InChI=1S/C17H21N3O5.C16H17NO6.C14H19NO4.C7H9NO.C5H8O3.C3H5BrO.3CHF3O3S.La/c1-18(2)16(23)12-14(21)15(22)13(17(24)19(3)4)20(12)10-6-8-11(25-5)9-7-10;1-4-23-16(21)13-15(20)14(19)12(9(2)18)17(13)10-5-7-11(22-3)8-6-10;1-4-19-14(17)10-15(9-11(2)16)12-5-7-13(18-3)8-6-12;1-9-7-4-2-6(8)3-5-7;1-3-8-5(7)4(2)6;1-3(5)2-4;3*2-1(3,4)8(5,6)7;/h6-9,21-22H,1-5H3;5-8,19-20H,4H2,1-3H3;5-8H,4,9-10H2,1-3H3;2-5H,8H2,1H3;3H2,1-2H3;2H2,1H3;3*(H,5,6,7);. The summed E-state index contributed by atoms with van der Waals surface area (Å²) in [4.78, 5) is 106. The molecule has 9 N–H and O–H groups in total. The molecule has 1 radical (unpaired) electrons. The van der Waals surface area contributed by atoms with Crippen LogP contribution in [0.2, 0.25) is 0 Å². The number of ketones is 4. The molecule has 4 aromatic carbocycles. The van der Waals surface area contributed by atoms with Crippen molar-refractivity contribution in [3.05, 3.63) is 120 Å². The normalized spacial score (nSPS) is 10.6. The molecule has 0 unspecified atom stereocenters. The Morgan fingerprint density at radius 3 is 0.956 bits per heavy atom. The number of Topliss-reactive ketones (excluding diaryl/α,β-unsaturated/α-hetero) is 4. The zero-order chi connectivity index (χ0) is 88.8. The first-order chi connectivity index (χ1) is 51.7. The van der Waals surface area contributed by atoms with Gasteiger partial charge in [0.25, 0.3) is 11.8 Å². The molecule has 2 amide bonds. The van der Waals surface area contributed by atoms with Gasteiger partial charge >= 0.3 is 64.8 Å². The van der Waals surface area contributed by atoms with E-state index in [1.165, 1.54) is 89.0 Å². The Bertz CT molecular complexity index is 4330. The van der Waals surface area contributed by atoms with E-state index in [-0.39, 0.29) is 102 Å². The molecule has 2 heterocycles. The van der Waals surface area contributed by atoms with E-state index in [2.05, 4.69) is 20.7 Å². The van der Waals surface area contributed by atoms with E-state index in [1.807, 2.05) is 12.1 Å². The number of rotatable bonds is 20. The van der Waals surface area contributed by atoms with Crippen molar-refractivity contribution in [3.63, 3.8) is 0 Å². The van der Waals surface area contributed by atoms with Crippen LogP contribution in [0.3, 0.4) is 0 Å². The van der Waals surface area contributed by atoms with Gasteiger partial charge < -0.3 is 74.0 Å². The van der Waals surface area contributed by atoms with Crippen molar-refractivity contribution in [2.75, 3.05) is 106 Å². The predicted molar refractivity (Wildman–Crippen MR) is 388 cm³/mol. The SMILES string of the molecule is CC(=O)CBr.CCOC(=O)C(C)=O.CCOC(=O)CN(CC(C)=O)c1ccc(OC)cc1.CCOC(=O)c1c(O)c(O)c(C(C)=O)n1-c1ccc(OC)cc1.COc1ccc(-n2c(C(=O)N(C)C)c(O)c(O)c2C(=O)N(C)C)cc1.COc1ccc(N)cc1.O=S(=O)(O)C(F)(F)F.O=S(=O)(O)C(F)(F)F.O=S(=O)(O)C(F)(F)F.[La]. The molecule has 0 spiro atoms. The van der Waals surface area contributed by atoms with E-state index in [4.69, 9.17) is 73.1 Å². The molecular weight excluding hydrogens is 1810 g/mol. The van der Waals surface area contributed by atoms with Gasteiger partial charge in [-0.1, -0.05) is 15.9 Å². The number of amides is 2. The Hall–Kier alpha value is -9.76. The number of halogens is 10. The Morgan fingerprint density at radius 2 is 0.719 bits per heavy atom. The third kappa shape index (κ3) is 38.9. The molecule has 2 aromatic heterocycles. The van der Waals surface area contributed by atoms with Crippen molar-refractivity contribution in [2.24, 2.45) is 0 Å². The Balaban J connectivity index is -0.000000628. The van der Waals surface area contributed by atoms with Crippen LogP contribution in [0, 0.1) is 35.6 Å². The fourth-order valence-corrected chi connectivity index (χ4v) is 7.10. The fraction of sp³-hybridized carbons (Fsp3) is 0.369. The summed E-state index contributed by atoms with van der Waals surface area (Å²) in [6.07, 6.45) is 0. The van der Waals surface area contributed by atoms with E-state index < -0.39 is 105 Å². The summed E-state index contributed by atoms with van der Waals surface area (Å²) in [5.41, 5.74) is -9.71. The first kappa shape index (κ1) is 111. The van der Waals surface area contributed by atoms with E-state index in [9.17, 15) is 103 Å². The average Bonchev–Trinajstić information content (AvgIpc) is 1.61. The van der Waals surface area contributed by atoms with Crippen molar-refractivity contribution in [1.29, 1.82) is 0 Å². The number of carbonyl (C=O) groups excluding carboxylic acids is 9. The molecule has 6 aromatic rings. The number of hydrogen-bond donors (Lipinski definition) is 8. The number of anilines is 2. The fourth-order valence-electron chi connectivity index (χ4n) is 7.10. The van der Waals surface area contributed by atoms with Gasteiger partial charge in [-0.05, 0) is 132 Å². The van der Waals surface area contributed by atoms with Crippen LogP contribution in [-0.2, 0) is 68.5 Å². The number of aromatic nitrogens is 2. The summed E-state index contributed by atoms with van der Waals surface area (Å²) in [5, 5.41) is 41.2. The second-order valence-corrected chi connectivity index (χ2v) is 26.0. The predicted octanol–water partition coefficient (Wildman–Crippen LogP) is 8.80. The average molecular weight is 1900 g/mol. The third-order valence-corrected chi connectivity index (χ3v) is 14.7. The molecule has 0 fully saturated rings. The molecule has 0 saturated heterocycles. The molecule has 35 nitrogen and oxygen atoms in total. The summed E-state index contributed by atoms with van der Waals surface area (Å²) in [5.74, 6) is -3.85. The van der Waals surface area contributed by atoms with Crippen LogP contribution in [0.4, 0.5) is 50.9 Å². The minimum atomic E-state index is -5.84. The van der Waals surface area contributed by atoms with Crippen molar-refractivity contribution >= 4 is 111 Å². The van der Waals surface area contributed by atoms with E-state index in [0.29, 0.717) is 34.8 Å². The Kier molecular flexibility index (Phi) is 49.6. The number of alkyl halides is 10. The molecule has 49 heteroatoms. The maximum atomic E-state index is 12.5. The minimum absolute atomic E-state index is 0. The minimum Gasteiger partial charge on any atom is -0.503 e. The summed E-state index contributed by atoms with van der Waals surface area (Å²) in [6, 6.07) is 27.4. The number of nitrogens with two attached hydrogens (primary N) is 1. The zero-order valence-corrected chi connectivity index (χ0v) is 70.6. The summed E-state index contributed by atoms with van der Waals surface area (Å²) >= 11 is 2.96. The summed E-state index contributed by atoms with van der Waals surface area (Å²) < 4.78 is 209. The molecule has 0 atom stereocenters. The first-order valence-electron chi connectivity index (χ1n) is 30.7. The van der Waals surface area contributed by atoms with Gasteiger partial charge in [0.1, 0.15) is 46.8 Å². The molecule has 0 aliphatic carbocycles. The van der Waals surface area contributed by atoms with E-state index in [0.717, 1.165) is 22.9 Å². The number of hydrogen-bond acceptors (Lipinski definition) is 28. The van der Waals surface area contributed by atoms with Crippen LogP contribution < -0.4 is 29.6 Å². The number of esters is 3. The van der Waals surface area contributed by atoms with E-state index in [1.54, 1.807) is 125 Å². The number of carbonyl (C=O) groups is 9. The van der Waals surface area contributed by atoms with Crippen molar-refractivity contribution < 1.29 is 211 Å². The van der Waals surface area contributed by atoms with Crippen LogP contribution >= 0.6 is 15.9 Å². The van der Waals surface area contributed by atoms with Gasteiger partial charge in [-0.25, -0.2) is 9.59 Å². The number of ether oxygens (including phenoxy) is 7.